The number of aliphatic hydroxyl groups is 1. The van der Waals surface area contributed by atoms with Crippen LogP contribution in [-0.2, 0) is 0 Å². The van der Waals surface area contributed by atoms with Gasteiger partial charge >= 0.3 is 0 Å². The van der Waals surface area contributed by atoms with E-state index in [4.69, 9.17) is 0 Å². The maximum atomic E-state index is 9.79. The van der Waals surface area contributed by atoms with Gasteiger partial charge in [-0.2, -0.15) is 5.10 Å². The van der Waals surface area contributed by atoms with Gasteiger partial charge in [0.1, 0.15) is 0 Å². The highest BCUT2D eigenvalue weighted by atomic mass is 16.3. The molecule has 1 aliphatic rings. The summed E-state index contributed by atoms with van der Waals surface area (Å²) in [5, 5.41) is 14.3. The van der Waals surface area contributed by atoms with Crippen LogP contribution >= 0.6 is 0 Å². The lowest BCUT2D eigenvalue weighted by Gasteiger charge is -2.34. The molecule has 3 nitrogen and oxygen atoms in total. The van der Waals surface area contributed by atoms with Gasteiger partial charge < -0.3 is 5.11 Å². The van der Waals surface area contributed by atoms with E-state index in [2.05, 4.69) is 22.9 Å². The number of aliphatic hydroxyl groups excluding tert-OH is 1. The molecular formula is C13H22N2O. The van der Waals surface area contributed by atoms with Crippen LogP contribution in [-0.4, -0.2) is 21.0 Å². The molecular weight excluding hydrogens is 200 g/mol. The first-order valence-electron chi connectivity index (χ1n) is 6.40. The highest BCUT2D eigenvalue weighted by molar-refractivity contribution is 4.97. The second-order valence-corrected chi connectivity index (χ2v) is 5.02. The molecule has 0 amide bonds. The van der Waals surface area contributed by atoms with Gasteiger partial charge in [-0.15, -0.1) is 0 Å². The zero-order valence-electron chi connectivity index (χ0n) is 10.3. The van der Waals surface area contributed by atoms with Crippen LogP contribution in [0.2, 0.25) is 0 Å². The molecule has 1 N–H and O–H groups in total. The first kappa shape index (κ1) is 11.6. The van der Waals surface area contributed by atoms with Crippen LogP contribution in [0.25, 0.3) is 0 Å². The van der Waals surface area contributed by atoms with Gasteiger partial charge in [-0.05, 0) is 44.6 Å². The Bertz CT molecular complexity index is 334. The minimum Gasteiger partial charge on any atom is -0.393 e. The topological polar surface area (TPSA) is 38.0 Å². The van der Waals surface area contributed by atoms with E-state index in [0.29, 0.717) is 12.0 Å². The van der Waals surface area contributed by atoms with Crippen LogP contribution in [0.3, 0.4) is 0 Å². The molecule has 3 unspecified atom stereocenters. The predicted molar refractivity (Wildman–Crippen MR) is 64.3 cm³/mol. The first-order valence-corrected chi connectivity index (χ1v) is 6.40. The molecule has 90 valence electrons. The standard InChI is InChI=1S/C13H22N2O/c1-3-4-11-5-6-12(16)9-13(11)15-8-7-10(2)14-15/h7-8,11-13,16H,3-6,9H2,1-2H3. The summed E-state index contributed by atoms with van der Waals surface area (Å²) in [6, 6.07) is 2.45. The Morgan fingerprint density at radius 1 is 1.50 bits per heavy atom. The summed E-state index contributed by atoms with van der Waals surface area (Å²) in [6.07, 6.45) is 7.35. The highest BCUT2D eigenvalue weighted by Crippen LogP contribution is 2.36. The molecule has 0 bridgehead atoms. The van der Waals surface area contributed by atoms with Gasteiger partial charge in [0.15, 0.2) is 0 Å². The molecule has 2 rings (SSSR count). The van der Waals surface area contributed by atoms with Crippen LogP contribution in [0, 0.1) is 12.8 Å². The fraction of sp³-hybridized carbons (Fsp3) is 0.769. The number of aryl methyl sites for hydroxylation is 1. The third-order valence-corrected chi connectivity index (χ3v) is 3.67. The van der Waals surface area contributed by atoms with Crippen molar-refractivity contribution in [2.24, 2.45) is 5.92 Å². The molecule has 0 saturated heterocycles. The summed E-state index contributed by atoms with van der Waals surface area (Å²) in [4.78, 5) is 0. The third kappa shape index (κ3) is 2.46. The van der Waals surface area contributed by atoms with E-state index >= 15 is 0 Å². The summed E-state index contributed by atoms with van der Waals surface area (Å²) in [5.41, 5.74) is 1.07. The van der Waals surface area contributed by atoms with E-state index in [1.54, 1.807) is 0 Å². The monoisotopic (exact) mass is 222 g/mol. The minimum atomic E-state index is -0.136. The maximum Gasteiger partial charge on any atom is 0.0593 e. The molecule has 1 fully saturated rings. The minimum absolute atomic E-state index is 0.136. The fourth-order valence-corrected chi connectivity index (χ4v) is 2.84. The Morgan fingerprint density at radius 3 is 2.94 bits per heavy atom. The number of nitrogens with zero attached hydrogens (tertiary/aromatic N) is 2. The lowest BCUT2D eigenvalue weighted by Crippen LogP contribution is -2.30. The largest absolute Gasteiger partial charge is 0.393 e. The number of hydrogen-bond donors (Lipinski definition) is 1. The van der Waals surface area contributed by atoms with E-state index in [0.717, 1.165) is 25.0 Å². The third-order valence-electron chi connectivity index (χ3n) is 3.67. The van der Waals surface area contributed by atoms with E-state index in [-0.39, 0.29) is 6.10 Å². The van der Waals surface area contributed by atoms with Gasteiger partial charge in [-0.25, -0.2) is 0 Å². The summed E-state index contributed by atoms with van der Waals surface area (Å²) >= 11 is 0. The van der Waals surface area contributed by atoms with Crippen LogP contribution in [0.15, 0.2) is 12.3 Å². The van der Waals surface area contributed by atoms with Crippen molar-refractivity contribution in [2.75, 3.05) is 0 Å². The molecule has 1 aliphatic carbocycles. The van der Waals surface area contributed by atoms with E-state index in [1.807, 2.05) is 13.0 Å². The van der Waals surface area contributed by atoms with Gasteiger partial charge in [0.05, 0.1) is 17.8 Å². The van der Waals surface area contributed by atoms with Gasteiger partial charge in [0.2, 0.25) is 0 Å². The molecule has 1 heterocycles. The SMILES string of the molecule is CCCC1CCC(O)CC1n1ccc(C)n1. The summed E-state index contributed by atoms with van der Waals surface area (Å²) in [6.45, 7) is 4.25. The average molecular weight is 222 g/mol. The Kier molecular flexibility index (Phi) is 3.64. The molecule has 1 saturated carbocycles. The Labute approximate surface area is 97.5 Å². The first-order chi connectivity index (χ1) is 7.70. The number of hydrogen-bond acceptors (Lipinski definition) is 2. The van der Waals surface area contributed by atoms with Crippen LogP contribution in [0.5, 0.6) is 0 Å². The molecule has 16 heavy (non-hydrogen) atoms. The summed E-state index contributed by atoms with van der Waals surface area (Å²) < 4.78 is 2.07. The van der Waals surface area contributed by atoms with Crippen molar-refractivity contribution in [2.45, 2.75) is 58.1 Å². The number of aromatic nitrogens is 2. The molecule has 1 aromatic rings. The second kappa shape index (κ2) is 5.00. The van der Waals surface area contributed by atoms with Crippen molar-refractivity contribution in [1.82, 2.24) is 9.78 Å². The van der Waals surface area contributed by atoms with Crippen molar-refractivity contribution < 1.29 is 5.11 Å². The van der Waals surface area contributed by atoms with Crippen molar-refractivity contribution in [1.29, 1.82) is 0 Å². The van der Waals surface area contributed by atoms with Gasteiger partial charge in [-0.1, -0.05) is 13.3 Å². The average Bonchev–Trinajstić information content (AvgIpc) is 2.68. The van der Waals surface area contributed by atoms with Crippen molar-refractivity contribution in [3.8, 4) is 0 Å². The second-order valence-electron chi connectivity index (χ2n) is 5.02. The van der Waals surface area contributed by atoms with E-state index in [1.165, 1.54) is 12.8 Å². The summed E-state index contributed by atoms with van der Waals surface area (Å²) in [5.74, 6) is 0.688. The zero-order chi connectivity index (χ0) is 11.5. The molecule has 0 aromatic carbocycles. The Hall–Kier alpha value is -0.830. The smallest absolute Gasteiger partial charge is 0.0593 e. The maximum absolute atomic E-state index is 9.79. The summed E-state index contributed by atoms with van der Waals surface area (Å²) in [7, 11) is 0. The fourth-order valence-electron chi connectivity index (χ4n) is 2.84. The molecule has 0 spiro atoms. The molecule has 1 aromatic heterocycles. The number of rotatable bonds is 3. The molecule has 3 heteroatoms. The van der Waals surface area contributed by atoms with E-state index in [9.17, 15) is 5.11 Å². The molecule has 0 radical (unpaired) electrons. The van der Waals surface area contributed by atoms with Crippen LogP contribution < -0.4 is 0 Å². The quantitative estimate of drug-likeness (QED) is 0.854. The lowest BCUT2D eigenvalue weighted by atomic mass is 9.80. The van der Waals surface area contributed by atoms with Crippen LogP contribution in [0.4, 0.5) is 0 Å². The Balaban J connectivity index is 2.13. The predicted octanol–water partition coefficient (Wildman–Crippen LogP) is 2.69. The normalized spacial score (nSPS) is 30.6. The molecule has 3 atom stereocenters. The van der Waals surface area contributed by atoms with Gasteiger partial charge in [-0.3, -0.25) is 4.68 Å². The van der Waals surface area contributed by atoms with E-state index < -0.39 is 0 Å². The van der Waals surface area contributed by atoms with Gasteiger partial charge in [0.25, 0.3) is 0 Å². The van der Waals surface area contributed by atoms with Crippen LogP contribution in [0.1, 0.15) is 50.8 Å². The van der Waals surface area contributed by atoms with Crippen molar-refractivity contribution >= 4 is 0 Å². The van der Waals surface area contributed by atoms with Gasteiger partial charge in [0, 0.05) is 6.20 Å². The van der Waals surface area contributed by atoms with Crippen molar-refractivity contribution in [3.05, 3.63) is 18.0 Å². The Morgan fingerprint density at radius 2 is 2.31 bits per heavy atom. The van der Waals surface area contributed by atoms with Crippen molar-refractivity contribution in [3.63, 3.8) is 0 Å². The lowest BCUT2D eigenvalue weighted by molar-refractivity contribution is 0.0648. The highest BCUT2D eigenvalue weighted by Gasteiger charge is 2.30. The zero-order valence-corrected chi connectivity index (χ0v) is 10.3. The molecule has 0 aliphatic heterocycles.